The second-order valence-corrected chi connectivity index (χ2v) is 4.18. The van der Waals surface area contributed by atoms with E-state index in [0.717, 1.165) is 32.4 Å². The number of piperidine rings is 1. The van der Waals surface area contributed by atoms with Crippen LogP contribution in [-0.2, 0) is 4.74 Å². The van der Waals surface area contributed by atoms with Crippen molar-refractivity contribution in [2.75, 3.05) is 20.2 Å². The molecule has 1 saturated carbocycles. The van der Waals surface area contributed by atoms with Gasteiger partial charge in [-0.3, -0.25) is 4.90 Å². The summed E-state index contributed by atoms with van der Waals surface area (Å²) < 4.78 is 5.31. The number of hydrogen-bond donors (Lipinski definition) is 1. The van der Waals surface area contributed by atoms with Gasteiger partial charge in [-0.05, 0) is 25.7 Å². The number of nitrogens with zero attached hydrogens (tertiary/aromatic N) is 1. The average molecular weight is 185 g/mol. The van der Waals surface area contributed by atoms with Crippen LogP contribution < -0.4 is 0 Å². The molecule has 0 amide bonds. The van der Waals surface area contributed by atoms with Crippen LogP contribution in [-0.4, -0.2) is 48.5 Å². The van der Waals surface area contributed by atoms with E-state index in [9.17, 15) is 5.11 Å². The quantitative estimate of drug-likeness (QED) is 0.684. The topological polar surface area (TPSA) is 32.7 Å². The van der Waals surface area contributed by atoms with Crippen LogP contribution in [0.1, 0.15) is 25.7 Å². The van der Waals surface area contributed by atoms with Gasteiger partial charge in [0.15, 0.2) is 0 Å². The highest BCUT2D eigenvalue weighted by Crippen LogP contribution is 2.28. The molecule has 3 nitrogen and oxygen atoms in total. The lowest BCUT2D eigenvalue weighted by Gasteiger charge is -2.44. The molecule has 0 radical (unpaired) electrons. The van der Waals surface area contributed by atoms with E-state index < -0.39 is 0 Å². The molecule has 2 atom stereocenters. The van der Waals surface area contributed by atoms with Crippen molar-refractivity contribution in [3.05, 3.63) is 0 Å². The zero-order chi connectivity index (χ0) is 9.26. The molecule has 2 unspecified atom stereocenters. The molecule has 76 valence electrons. The van der Waals surface area contributed by atoms with Crippen molar-refractivity contribution in [2.45, 2.75) is 43.9 Å². The maximum Gasteiger partial charge on any atom is 0.0696 e. The van der Waals surface area contributed by atoms with Crippen LogP contribution in [0.25, 0.3) is 0 Å². The van der Waals surface area contributed by atoms with Crippen LogP contribution >= 0.6 is 0 Å². The molecule has 2 aliphatic rings. The highest BCUT2D eigenvalue weighted by atomic mass is 16.5. The Kier molecular flexibility index (Phi) is 2.86. The number of likely N-dealkylation sites (tertiary alicyclic amines) is 1. The van der Waals surface area contributed by atoms with E-state index in [1.54, 1.807) is 7.11 Å². The van der Waals surface area contributed by atoms with Gasteiger partial charge in [-0.2, -0.15) is 0 Å². The third kappa shape index (κ3) is 1.87. The molecule has 1 aliphatic carbocycles. The maximum absolute atomic E-state index is 9.51. The summed E-state index contributed by atoms with van der Waals surface area (Å²) in [5.41, 5.74) is 0. The molecule has 1 heterocycles. The van der Waals surface area contributed by atoms with Crippen LogP contribution in [0.5, 0.6) is 0 Å². The molecule has 2 fully saturated rings. The molecule has 1 saturated heterocycles. The zero-order valence-corrected chi connectivity index (χ0v) is 8.28. The normalized spacial score (nSPS) is 37.4. The van der Waals surface area contributed by atoms with Crippen LogP contribution in [0.4, 0.5) is 0 Å². The summed E-state index contributed by atoms with van der Waals surface area (Å²) >= 11 is 0. The summed E-state index contributed by atoms with van der Waals surface area (Å²) in [4.78, 5) is 2.42. The largest absolute Gasteiger partial charge is 0.391 e. The van der Waals surface area contributed by atoms with Gasteiger partial charge in [0.1, 0.15) is 0 Å². The first-order valence-electron chi connectivity index (χ1n) is 5.26. The number of hydrogen-bond acceptors (Lipinski definition) is 3. The average Bonchev–Trinajstić information content (AvgIpc) is 2.17. The van der Waals surface area contributed by atoms with Crippen molar-refractivity contribution in [1.29, 1.82) is 0 Å². The third-order valence-corrected chi connectivity index (χ3v) is 3.48. The maximum atomic E-state index is 9.51. The highest BCUT2D eigenvalue weighted by Gasteiger charge is 2.35. The highest BCUT2D eigenvalue weighted by molar-refractivity contribution is 4.90. The van der Waals surface area contributed by atoms with Gasteiger partial charge in [-0.15, -0.1) is 0 Å². The molecule has 1 N–H and O–H groups in total. The van der Waals surface area contributed by atoms with E-state index in [0.29, 0.717) is 12.1 Å². The lowest BCUT2D eigenvalue weighted by Crippen LogP contribution is -2.53. The molecule has 0 aromatic heterocycles. The molecule has 1 aliphatic heterocycles. The summed E-state index contributed by atoms with van der Waals surface area (Å²) in [6.07, 6.45) is 4.82. The molecule has 0 aromatic rings. The summed E-state index contributed by atoms with van der Waals surface area (Å²) in [6, 6.07) is 0.456. The zero-order valence-electron chi connectivity index (χ0n) is 8.28. The smallest absolute Gasteiger partial charge is 0.0696 e. The van der Waals surface area contributed by atoms with Crippen molar-refractivity contribution in [3.63, 3.8) is 0 Å². The first-order chi connectivity index (χ1) is 6.31. The molecule has 0 spiro atoms. The summed E-state index contributed by atoms with van der Waals surface area (Å²) in [6.45, 7) is 2.19. The SMILES string of the molecule is COC1CCN(C2CCC2O)CC1. The lowest BCUT2D eigenvalue weighted by atomic mass is 9.86. The van der Waals surface area contributed by atoms with Gasteiger partial charge in [-0.25, -0.2) is 0 Å². The van der Waals surface area contributed by atoms with Crippen LogP contribution in [0.2, 0.25) is 0 Å². The summed E-state index contributed by atoms with van der Waals surface area (Å²) in [5, 5.41) is 9.51. The summed E-state index contributed by atoms with van der Waals surface area (Å²) in [5.74, 6) is 0. The number of aliphatic hydroxyl groups is 1. The van der Waals surface area contributed by atoms with Crippen molar-refractivity contribution in [1.82, 2.24) is 4.90 Å². The predicted octanol–water partition coefficient (Wildman–Crippen LogP) is 0.620. The van der Waals surface area contributed by atoms with E-state index in [2.05, 4.69) is 4.90 Å². The van der Waals surface area contributed by atoms with Crippen molar-refractivity contribution < 1.29 is 9.84 Å². The second kappa shape index (κ2) is 3.95. The molecule has 2 rings (SSSR count). The van der Waals surface area contributed by atoms with Crippen molar-refractivity contribution in [2.24, 2.45) is 0 Å². The number of aliphatic hydroxyl groups excluding tert-OH is 1. The Morgan fingerprint density at radius 2 is 1.85 bits per heavy atom. The van der Waals surface area contributed by atoms with Crippen molar-refractivity contribution in [3.8, 4) is 0 Å². The molecular weight excluding hydrogens is 166 g/mol. The third-order valence-electron chi connectivity index (χ3n) is 3.48. The Balaban J connectivity index is 1.77. The van der Waals surface area contributed by atoms with Gasteiger partial charge in [0, 0.05) is 26.2 Å². The lowest BCUT2D eigenvalue weighted by molar-refractivity contribution is -0.0498. The number of rotatable bonds is 2. The molecular formula is C10H19NO2. The summed E-state index contributed by atoms with van der Waals surface area (Å²) in [7, 11) is 1.79. The van der Waals surface area contributed by atoms with Crippen molar-refractivity contribution >= 4 is 0 Å². The predicted molar refractivity (Wildman–Crippen MR) is 50.6 cm³/mol. The monoisotopic (exact) mass is 185 g/mol. The van der Waals surface area contributed by atoms with E-state index in [1.807, 2.05) is 0 Å². The minimum atomic E-state index is -0.0564. The van der Waals surface area contributed by atoms with E-state index in [4.69, 9.17) is 4.74 Å². The second-order valence-electron chi connectivity index (χ2n) is 4.18. The fraction of sp³-hybridized carbons (Fsp3) is 1.00. The fourth-order valence-electron chi connectivity index (χ4n) is 2.33. The van der Waals surface area contributed by atoms with E-state index >= 15 is 0 Å². The minimum absolute atomic E-state index is 0.0564. The van der Waals surface area contributed by atoms with E-state index in [1.165, 1.54) is 6.42 Å². The van der Waals surface area contributed by atoms with Gasteiger partial charge in [0.25, 0.3) is 0 Å². The molecule has 3 heteroatoms. The number of methoxy groups -OCH3 is 1. The molecule has 0 aromatic carbocycles. The first-order valence-corrected chi connectivity index (χ1v) is 5.26. The first kappa shape index (κ1) is 9.44. The Bertz CT molecular complexity index is 166. The Morgan fingerprint density at radius 3 is 2.23 bits per heavy atom. The Morgan fingerprint density at radius 1 is 1.15 bits per heavy atom. The van der Waals surface area contributed by atoms with E-state index in [-0.39, 0.29) is 6.10 Å². The van der Waals surface area contributed by atoms with Gasteiger partial charge in [0.2, 0.25) is 0 Å². The standard InChI is InChI=1S/C10H19NO2/c1-13-8-4-6-11(7-5-8)9-2-3-10(9)12/h8-10,12H,2-7H2,1H3. The Hall–Kier alpha value is -0.120. The van der Waals surface area contributed by atoms with Crippen LogP contribution in [0, 0.1) is 0 Å². The van der Waals surface area contributed by atoms with Gasteiger partial charge < -0.3 is 9.84 Å². The fourth-order valence-corrected chi connectivity index (χ4v) is 2.33. The Labute approximate surface area is 79.7 Å². The molecule has 0 bridgehead atoms. The van der Waals surface area contributed by atoms with Gasteiger partial charge in [-0.1, -0.05) is 0 Å². The minimum Gasteiger partial charge on any atom is -0.391 e. The molecule has 13 heavy (non-hydrogen) atoms. The van der Waals surface area contributed by atoms with Gasteiger partial charge in [0.05, 0.1) is 12.2 Å². The van der Waals surface area contributed by atoms with Gasteiger partial charge >= 0.3 is 0 Å². The number of ether oxygens (including phenoxy) is 1. The van der Waals surface area contributed by atoms with Crippen LogP contribution in [0.15, 0.2) is 0 Å². The van der Waals surface area contributed by atoms with Crippen LogP contribution in [0.3, 0.4) is 0 Å².